The molecule has 3 aromatic rings. The molecule has 0 bridgehead atoms. The first kappa shape index (κ1) is 14.6. The predicted octanol–water partition coefficient (Wildman–Crippen LogP) is 2.06. The minimum absolute atomic E-state index is 0.0686. The highest BCUT2D eigenvalue weighted by Crippen LogP contribution is 2.18. The van der Waals surface area contributed by atoms with Gasteiger partial charge in [0.05, 0.1) is 5.52 Å². The number of carbonyl (C=O) groups is 1. The van der Waals surface area contributed by atoms with E-state index >= 15 is 0 Å². The van der Waals surface area contributed by atoms with Gasteiger partial charge in [0.1, 0.15) is 5.82 Å². The summed E-state index contributed by atoms with van der Waals surface area (Å²) in [7, 11) is 0. The first-order valence-electron chi connectivity index (χ1n) is 7.81. The molecule has 3 heterocycles. The Morgan fingerprint density at radius 1 is 1.08 bits per heavy atom. The fraction of sp³-hybridized carbons (Fsp3) is 0.235. The number of rotatable bonds is 2. The molecule has 1 N–H and O–H groups in total. The first-order chi connectivity index (χ1) is 11.7. The molecule has 1 saturated heterocycles. The van der Waals surface area contributed by atoms with Gasteiger partial charge in [-0.2, -0.15) is 4.98 Å². The van der Waals surface area contributed by atoms with Crippen LogP contribution in [0.3, 0.4) is 0 Å². The minimum Gasteiger partial charge on any atom is -0.339 e. The molecule has 0 saturated carbocycles. The summed E-state index contributed by atoms with van der Waals surface area (Å²) < 4.78 is 13.0. The highest BCUT2D eigenvalue weighted by molar-refractivity contribution is 5.94. The molecule has 24 heavy (non-hydrogen) atoms. The van der Waals surface area contributed by atoms with Crippen LogP contribution in [0.5, 0.6) is 0 Å². The summed E-state index contributed by atoms with van der Waals surface area (Å²) in [6.45, 7) is 2.57. The smallest absolute Gasteiger partial charge is 0.253 e. The Morgan fingerprint density at radius 2 is 1.83 bits per heavy atom. The number of fused-ring (bicyclic) bond motifs is 1. The maximum absolute atomic E-state index is 13.0. The fourth-order valence-electron chi connectivity index (χ4n) is 2.88. The molecule has 1 fully saturated rings. The van der Waals surface area contributed by atoms with Gasteiger partial charge in [0.15, 0.2) is 5.65 Å². The summed E-state index contributed by atoms with van der Waals surface area (Å²) in [5, 5.41) is 0. The van der Waals surface area contributed by atoms with Gasteiger partial charge in [-0.15, -0.1) is 0 Å². The van der Waals surface area contributed by atoms with Gasteiger partial charge in [-0.3, -0.25) is 4.79 Å². The SMILES string of the molecule is O=C(c1ccc(F)cc1)N1CCN(c2nc3ncccc3[nH]2)CC1. The summed E-state index contributed by atoms with van der Waals surface area (Å²) in [5.74, 6) is 0.369. The number of amides is 1. The van der Waals surface area contributed by atoms with Crippen molar-refractivity contribution in [2.24, 2.45) is 0 Å². The van der Waals surface area contributed by atoms with Crippen molar-refractivity contribution in [3.8, 4) is 0 Å². The Morgan fingerprint density at radius 3 is 2.54 bits per heavy atom. The Bertz CT molecular complexity index is 835. The Balaban J connectivity index is 1.44. The van der Waals surface area contributed by atoms with Crippen LogP contribution in [0.4, 0.5) is 10.3 Å². The van der Waals surface area contributed by atoms with Gasteiger partial charge in [0, 0.05) is 37.9 Å². The van der Waals surface area contributed by atoms with Crippen molar-refractivity contribution in [3.63, 3.8) is 0 Å². The van der Waals surface area contributed by atoms with E-state index in [9.17, 15) is 9.18 Å². The summed E-state index contributed by atoms with van der Waals surface area (Å²) in [4.78, 5) is 28.3. The molecule has 4 rings (SSSR count). The highest BCUT2D eigenvalue weighted by atomic mass is 19.1. The van der Waals surface area contributed by atoms with Crippen molar-refractivity contribution in [1.29, 1.82) is 0 Å². The standard InChI is InChI=1S/C17H16FN5O/c18-13-5-3-12(4-6-13)16(24)22-8-10-23(11-9-22)17-20-14-2-1-7-19-15(14)21-17/h1-7H,8-11H2,(H,19,20,21). The minimum atomic E-state index is -0.338. The Kier molecular flexibility index (Phi) is 3.60. The van der Waals surface area contributed by atoms with E-state index in [4.69, 9.17) is 0 Å². The van der Waals surface area contributed by atoms with E-state index in [2.05, 4.69) is 19.9 Å². The average molecular weight is 325 g/mol. The molecule has 2 aromatic heterocycles. The number of carbonyl (C=O) groups excluding carboxylic acids is 1. The van der Waals surface area contributed by atoms with Gasteiger partial charge in [0.25, 0.3) is 5.91 Å². The quantitative estimate of drug-likeness (QED) is 0.783. The lowest BCUT2D eigenvalue weighted by molar-refractivity contribution is 0.0746. The molecule has 6 nitrogen and oxygen atoms in total. The van der Waals surface area contributed by atoms with Crippen molar-refractivity contribution >= 4 is 23.0 Å². The van der Waals surface area contributed by atoms with Crippen LogP contribution >= 0.6 is 0 Å². The van der Waals surface area contributed by atoms with Crippen LogP contribution in [0, 0.1) is 5.82 Å². The van der Waals surface area contributed by atoms with Crippen LogP contribution < -0.4 is 4.90 Å². The van der Waals surface area contributed by atoms with Gasteiger partial charge < -0.3 is 14.8 Å². The van der Waals surface area contributed by atoms with Crippen molar-refractivity contribution in [2.75, 3.05) is 31.1 Å². The number of nitrogens with one attached hydrogen (secondary N) is 1. The molecule has 1 aromatic carbocycles. The molecule has 0 radical (unpaired) electrons. The number of aromatic amines is 1. The van der Waals surface area contributed by atoms with Crippen LogP contribution in [0.25, 0.3) is 11.2 Å². The maximum Gasteiger partial charge on any atom is 0.253 e. The van der Waals surface area contributed by atoms with E-state index in [-0.39, 0.29) is 11.7 Å². The van der Waals surface area contributed by atoms with E-state index in [0.717, 1.165) is 11.5 Å². The molecule has 0 spiro atoms. The largest absolute Gasteiger partial charge is 0.339 e. The zero-order valence-corrected chi connectivity index (χ0v) is 12.9. The Labute approximate surface area is 137 Å². The van der Waals surface area contributed by atoms with E-state index < -0.39 is 0 Å². The van der Waals surface area contributed by atoms with E-state index in [1.54, 1.807) is 11.1 Å². The number of H-pyrrole nitrogens is 1. The predicted molar refractivity (Wildman–Crippen MR) is 88.4 cm³/mol. The van der Waals surface area contributed by atoms with Gasteiger partial charge in [0.2, 0.25) is 5.95 Å². The normalized spacial score (nSPS) is 15.0. The van der Waals surface area contributed by atoms with Crippen LogP contribution in [0.1, 0.15) is 10.4 Å². The second-order valence-corrected chi connectivity index (χ2v) is 5.72. The zero-order valence-electron chi connectivity index (χ0n) is 12.9. The number of aromatic nitrogens is 3. The molecule has 1 amide bonds. The van der Waals surface area contributed by atoms with Crippen molar-refractivity contribution in [1.82, 2.24) is 19.9 Å². The lowest BCUT2D eigenvalue weighted by atomic mass is 10.2. The topological polar surface area (TPSA) is 65.1 Å². The van der Waals surface area contributed by atoms with Crippen molar-refractivity contribution in [3.05, 3.63) is 54.0 Å². The molecule has 0 aliphatic carbocycles. The number of pyridine rings is 1. The number of nitrogens with zero attached hydrogens (tertiary/aromatic N) is 4. The van der Waals surface area contributed by atoms with Gasteiger partial charge in [-0.1, -0.05) is 0 Å². The third-order valence-corrected chi connectivity index (χ3v) is 4.20. The van der Waals surface area contributed by atoms with Crippen LogP contribution in [0.2, 0.25) is 0 Å². The second kappa shape index (κ2) is 5.92. The molecule has 0 unspecified atom stereocenters. The molecule has 122 valence electrons. The number of benzene rings is 1. The molecular weight excluding hydrogens is 309 g/mol. The summed E-state index contributed by atoms with van der Waals surface area (Å²) in [6.07, 6.45) is 1.71. The lowest BCUT2D eigenvalue weighted by Crippen LogP contribution is -2.49. The van der Waals surface area contributed by atoms with E-state index in [1.165, 1.54) is 24.3 Å². The second-order valence-electron chi connectivity index (χ2n) is 5.72. The monoisotopic (exact) mass is 325 g/mol. The third kappa shape index (κ3) is 2.68. The summed E-state index contributed by atoms with van der Waals surface area (Å²) >= 11 is 0. The molecule has 0 atom stereocenters. The molecule has 7 heteroatoms. The van der Waals surface area contributed by atoms with Crippen LogP contribution in [0.15, 0.2) is 42.6 Å². The molecule has 1 aliphatic rings. The first-order valence-corrected chi connectivity index (χ1v) is 7.81. The number of hydrogen-bond donors (Lipinski definition) is 1. The Hall–Kier alpha value is -2.96. The van der Waals surface area contributed by atoms with Gasteiger partial charge in [-0.05, 0) is 36.4 Å². The lowest BCUT2D eigenvalue weighted by Gasteiger charge is -2.34. The number of hydrogen-bond acceptors (Lipinski definition) is 4. The van der Waals surface area contributed by atoms with E-state index in [1.807, 2.05) is 12.1 Å². The van der Waals surface area contributed by atoms with Crippen LogP contribution in [-0.4, -0.2) is 51.9 Å². The average Bonchev–Trinajstić information content (AvgIpc) is 3.06. The third-order valence-electron chi connectivity index (χ3n) is 4.20. The van der Waals surface area contributed by atoms with Gasteiger partial charge >= 0.3 is 0 Å². The number of anilines is 1. The highest BCUT2D eigenvalue weighted by Gasteiger charge is 2.23. The summed E-state index contributed by atoms with van der Waals surface area (Å²) in [5.41, 5.74) is 2.10. The maximum atomic E-state index is 13.0. The molecule has 1 aliphatic heterocycles. The van der Waals surface area contributed by atoms with E-state index in [0.29, 0.717) is 37.4 Å². The van der Waals surface area contributed by atoms with Crippen molar-refractivity contribution < 1.29 is 9.18 Å². The summed E-state index contributed by atoms with van der Waals surface area (Å²) in [6, 6.07) is 9.47. The van der Waals surface area contributed by atoms with Crippen LogP contribution in [-0.2, 0) is 0 Å². The van der Waals surface area contributed by atoms with Crippen molar-refractivity contribution in [2.45, 2.75) is 0 Å². The molecular formula is C17H16FN5O. The van der Waals surface area contributed by atoms with Gasteiger partial charge in [-0.25, -0.2) is 9.37 Å². The number of halogens is 1. The fourth-order valence-corrected chi connectivity index (χ4v) is 2.88. The number of imidazole rings is 1. The number of piperazine rings is 1. The zero-order chi connectivity index (χ0) is 16.5.